The molecular formula is C10H19N. The first kappa shape index (κ1) is 7.60. The zero-order valence-electron chi connectivity index (χ0n) is 7.47. The van der Waals surface area contributed by atoms with Crippen molar-refractivity contribution in [3.05, 3.63) is 0 Å². The Kier molecular flexibility index (Phi) is 1.71. The Bertz CT molecular complexity index is 151. The molecule has 0 amide bonds. The van der Waals surface area contributed by atoms with E-state index in [0.717, 1.165) is 11.8 Å². The summed E-state index contributed by atoms with van der Waals surface area (Å²) in [6.45, 7) is 2.26. The quantitative estimate of drug-likeness (QED) is 0.659. The van der Waals surface area contributed by atoms with Crippen LogP contribution in [-0.4, -0.2) is 5.54 Å². The van der Waals surface area contributed by atoms with Crippen LogP contribution in [0.15, 0.2) is 0 Å². The maximum Gasteiger partial charge on any atom is 0.0189 e. The molecule has 0 aromatic carbocycles. The van der Waals surface area contributed by atoms with Gasteiger partial charge in [0, 0.05) is 5.54 Å². The van der Waals surface area contributed by atoms with Crippen LogP contribution in [0.1, 0.15) is 45.4 Å². The molecule has 0 radical (unpaired) electrons. The van der Waals surface area contributed by atoms with Crippen molar-refractivity contribution >= 4 is 0 Å². The van der Waals surface area contributed by atoms with Gasteiger partial charge in [-0.25, -0.2) is 0 Å². The minimum atomic E-state index is 0.303. The van der Waals surface area contributed by atoms with E-state index in [2.05, 4.69) is 6.92 Å². The molecule has 2 N–H and O–H groups in total. The summed E-state index contributed by atoms with van der Waals surface area (Å²) in [6.07, 6.45) is 8.24. The zero-order valence-corrected chi connectivity index (χ0v) is 7.47. The molecule has 0 bridgehead atoms. The van der Waals surface area contributed by atoms with Crippen LogP contribution in [-0.2, 0) is 0 Å². The molecule has 0 aromatic heterocycles. The fraction of sp³-hybridized carbons (Fsp3) is 1.00. The summed E-state index contributed by atoms with van der Waals surface area (Å²) in [5.41, 5.74) is 6.52. The molecule has 1 heteroatoms. The molecule has 2 saturated carbocycles. The van der Waals surface area contributed by atoms with Gasteiger partial charge in [0.05, 0.1) is 0 Å². The maximum absolute atomic E-state index is 6.22. The highest BCUT2D eigenvalue weighted by molar-refractivity contribution is 5.09. The van der Waals surface area contributed by atoms with E-state index in [1.54, 1.807) is 0 Å². The molecule has 2 rings (SSSR count). The predicted octanol–water partition coefficient (Wildman–Crippen LogP) is 2.30. The maximum atomic E-state index is 6.22. The minimum Gasteiger partial charge on any atom is -0.325 e. The summed E-state index contributed by atoms with van der Waals surface area (Å²) in [6, 6.07) is 0. The second kappa shape index (κ2) is 2.48. The fourth-order valence-corrected chi connectivity index (χ4v) is 2.25. The highest BCUT2D eigenvalue weighted by atomic mass is 14.9. The molecule has 2 fully saturated rings. The molecule has 0 aromatic rings. The van der Waals surface area contributed by atoms with Crippen LogP contribution in [0.5, 0.6) is 0 Å². The first-order valence-corrected chi connectivity index (χ1v) is 5.03. The van der Waals surface area contributed by atoms with Crippen molar-refractivity contribution in [1.29, 1.82) is 0 Å². The van der Waals surface area contributed by atoms with E-state index in [4.69, 9.17) is 5.73 Å². The normalized spacial score (nSPS) is 42.5. The van der Waals surface area contributed by atoms with Crippen molar-refractivity contribution < 1.29 is 0 Å². The van der Waals surface area contributed by atoms with Crippen LogP contribution in [0, 0.1) is 11.8 Å². The highest BCUT2D eigenvalue weighted by Gasteiger charge is 2.51. The lowest BCUT2D eigenvalue weighted by molar-refractivity contribution is 0.494. The first-order valence-electron chi connectivity index (χ1n) is 5.03. The highest BCUT2D eigenvalue weighted by Crippen LogP contribution is 2.52. The SMILES string of the molecule is CCCC1CC1(N)CC1CC1. The molecule has 0 saturated heterocycles. The lowest BCUT2D eigenvalue weighted by Crippen LogP contribution is -2.25. The van der Waals surface area contributed by atoms with Crippen molar-refractivity contribution in [3.63, 3.8) is 0 Å². The van der Waals surface area contributed by atoms with Crippen LogP contribution in [0.2, 0.25) is 0 Å². The Morgan fingerprint density at radius 2 is 2.18 bits per heavy atom. The molecule has 0 spiro atoms. The molecule has 2 atom stereocenters. The van der Waals surface area contributed by atoms with Gasteiger partial charge < -0.3 is 5.73 Å². The topological polar surface area (TPSA) is 26.0 Å². The molecule has 64 valence electrons. The number of hydrogen-bond acceptors (Lipinski definition) is 1. The summed E-state index contributed by atoms with van der Waals surface area (Å²) in [4.78, 5) is 0. The Labute approximate surface area is 69.4 Å². The summed E-state index contributed by atoms with van der Waals surface area (Å²) in [7, 11) is 0. The predicted molar refractivity (Wildman–Crippen MR) is 47.3 cm³/mol. The first-order chi connectivity index (χ1) is 5.24. The summed E-state index contributed by atoms with van der Waals surface area (Å²) >= 11 is 0. The van der Waals surface area contributed by atoms with Gasteiger partial charge in [0.2, 0.25) is 0 Å². The molecule has 1 nitrogen and oxygen atoms in total. The Morgan fingerprint density at radius 1 is 1.45 bits per heavy atom. The van der Waals surface area contributed by atoms with Gasteiger partial charge in [-0.3, -0.25) is 0 Å². The van der Waals surface area contributed by atoms with E-state index in [-0.39, 0.29) is 0 Å². The van der Waals surface area contributed by atoms with Crippen molar-refractivity contribution in [2.45, 2.75) is 51.0 Å². The zero-order chi connectivity index (χ0) is 7.90. The van der Waals surface area contributed by atoms with Gasteiger partial charge >= 0.3 is 0 Å². The summed E-state index contributed by atoms with van der Waals surface area (Å²) < 4.78 is 0. The second-order valence-electron chi connectivity index (χ2n) is 4.57. The van der Waals surface area contributed by atoms with E-state index in [0.29, 0.717) is 5.54 Å². The van der Waals surface area contributed by atoms with E-state index in [1.165, 1.54) is 38.5 Å². The summed E-state index contributed by atoms with van der Waals surface area (Å²) in [5, 5.41) is 0. The van der Waals surface area contributed by atoms with Crippen LogP contribution in [0.4, 0.5) is 0 Å². The fourth-order valence-electron chi connectivity index (χ4n) is 2.25. The van der Waals surface area contributed by atoms with Crippen LogP contribution in [0.25, 0.3) is 0 Å². The molecule has 0 aliphatic heterocycles. The smallest absolute Gasteiger partial charge is 0.0189 e. The molecular weight excluding hydrogens is 134 g/mol. The van der Waals surface area contributed by atoms with Gasteiger partial charge in [-0.15, -0.1) is 0 Å². The van der Waals surface area contributed by atoms with Crippen molar-refractivity contribution in [3.8, 4) is 0 Å². The van der Waals surface area contributed by atoms with Gasteiger partial charge in [0.25, 0.3) is 0 Å². The summed E-state index contributed by atoms with van der Waals surface area (Å²) in [5.74, 6) is 1.90. The van der Waals surface area contributed by atoms with E-state index < -0.39 is 0 Å². The standard InChI is InChI=1S/C10H19N/c1-2-3-9-7-10(9,11)6-8-4-5-8/h8-9H,2-7,11H2,1H3. The second-order valence-corrected chi connectivity index (χ2v) is 4.57. The Hall–Kier alpha value is -0.0400. The number of nitrogens with two attached hydrogens (primary N) is 1. The van der Waals surface area contributed by atoms with Gasteiger partial charge in [0.1, 0.15) is 0 Å². The average molecular weight is 153 g/mol. The van der Waals surface area contributed by atoms with Crippen LogP contribution >= 0.6 is 0 Å². The number of hydrogen-bond donors (Lipinski definition) is 1. The molecule has 2 aliphatic carbocycles. The van der Waals surface area contributed by atoms with Gasteiger partial charge in [-0.1, -0.05) is 26.2 Å². The molecule has 2 aliphatic rings. The van der Waals surface area contributed by atoms with E-state index >= 15 is 0 Å². The third kappa shape index (κ3) is 1.58. The third-order valence-corrected chi connectivity index (χ3v) is 3.28. The average Bonchev–Trinajstić information content (AvgIpc) is 2.78. The van der Waals surface area contributed by atoms with E-state index in [9.17, 15) is 0 Å². The van der Waals surface area contributed by atoms with Gasteiger partial charge in [0.15, 0.2) is 0 Å². The Morgan fingerprint density at radius 3 is 2.73 bits per heavy atom. The minimum absolute atomic E-state index is 0.303. The van der Waals surface area contributed by atoms with Crippen molar-refractivity contribution in [2.75, 3.05) is 0 Å². The van der Waals surface area contributed by atoms with Gasteiger partial charge in [-0.2, -0.15) is 0 Å². The van der Waals surface area contributed by atoms with Gasteiger partial charge in [-0.05, 0) is 31.1 Å². The van der Waals surface area contributed by atoms with E-state index in [1.807, 2.05) is 0 Å². The van der Waals surface area contributed by atoms with Crippen molar-refractivity contribution in [1.82, 2.24) is 0 Å². The molecule has 0 heterocycles. The third-order valence-electron chi connectivity index (χ3n) is 3.28. The lowest BCUT2D eigenvalue weighted by atomic mass is 10.0. The Balaban J connectivity index is 1.75. The van der Waals surface area contributed by atoms with Crippen molar-refractivity contribution in [2.24, 2.45) is 17.6 Å². The molecule has 2 unspecified atom stereocenters. The largest absolute Gasteiger partial charge is 0.325 e. The van der Waals surface area contributed by atoms with Crippen LogP contribution < -0.4 is 5.73 Å². The molecule has 11 heavy (non-hydrogen) atoms. The number of rotatable bonds is 4. The van der Waals surface area contributed by atoms with Crippen LogP contribution in [0.3, 0.4) is 0 Å². The monoisotopic (exact) mass is 153 g/mol. The lowest BCUT2D eigenvalue weighted by Gasteiger charge is -2.09.